The Morgan fingerprint density at radius 2 is 1.86 bits per heavy atom. The predicted octanol–water partition coefficient (Wildman–Crippen LogP) is 4.52. The Hall–Kier alpha value is -1.40. The first-order valence-electron chi connectivity index (χ1n) is 6.16. The highest BCUT2D eigenvalue weighted by atomic mass is 79.9. The van der Waals surface area contributed by atoms with Crippen LogP contribution in [0.25, 0.3) is 11.1 Å². The number of aryl methyl sites for hydroxylation is 1. The van der Waals surface area contributed by atoms with Crippen LogP contribution in [0, 0.1) is 5.82 Å². The normalized spacial score (nSPS) is 12.8. The van der Waals surface area contributed by atoms with Crippen LogP contribution in [0.1, 0.15) is 16.0 Å². The summed E-state index contributed by atoms with van der Waals surface area (Å²) in [4.78, 5) is 11.4. The molecule has 1 atom stereocenters. The largest absolute Gasteiger partial charge is 0.419 e. The van der Waals surface area contributed by atoms with Crippen molar-refractivity contribution in [3.63, 3.8) is 0 Å². The van der Waals surface area contributed by atoms with Gasteiger partial charge in [0.1, 0.15) is 5.82 Å². The minimum absolute atomic E-state index is 0.121. The summed E-state index contributed by atoms with van der Waals surface area (Å²) in [5.41, 5.74) is 3.10. The lowest BCUT2D eigenvalue weighted by Gasteiger charge is -2.11. The van der Waals surface area contributed by atoms with Crippen LogP contribution in [0.2, 0.25) is 0 Å². The van der Waals surface area contributed by atoms with Crippen molar-refractivity contribution in [3.05, 3.63) is 68.4 Å². The number of oxazole rings is 1. The molecule has 0 aliphatic carbocycles. The number of hydrogen-bond acceptors (Lipinski definition) is 2. The molecule has 3 aromatic rings. The second-order valence-corrected chi connectivity index (χ2v) is 6.46. The number of alkyl halides is 1. The standard InChI is InChI=1S/C15H10Br2FNO2/c1-19-12-5-3-9(7-13(12)21-15(19)20)14(17)8-2-4-11(18)10(16)6-8/h2-7,14H,1H3. The zero-order chi connectivity index (χ0) is 15.1. The number of hydrogen-bond donors (Lipinski definition) is 0. The van der Waals surface area contributed by atoms with E-state index in [1.54, 1.807) is 19.2 Å². The number of benzene rings is 2. The number of fused-ring (bicyclic) bond motifs is 1. The Morgan fingerprint density at radius 1 is 1.19 bits per heavy atom. The average molecular weight is 415 g/mol. The Bertz CT molecular complexity index is 885. The van der Waals surface area contributed by atoms with Crippen molar-refractivity contribution in [1.82, 2.24) is 4.57 Å². The lowest BCUT2D eigenvalue weighted by atomic mass is 10.0. The van der Waals surface area contributed by atoms with Crippen molar-refractivity contribution < 1.29 is 8.81 Å². The van der Waals surface area contributed by atoms with Crippen LogP contribution in [0.15, 0.2) is 50.1 Å². The highest BCUT2D eigenvalue weighted by Crippen LogP contribution is 2.34. The maximum Gasteiger partial charge on any atom is 0.419 e. The summed E-state index contributed by atoms with van der Waals surface area (Å²) in [7, 11) is 1.66. The van der Waals surface area contributed by atoms with E-state index in [1.807, 2.05) is 18.2 Å². The van der Waals surface area contributed by atoms with Crippen LogP contribution in [0.3, 0.4) is 0 Å². The zero-order valence-corrected chi connectivity index (χ0v) is 14.1. The lowest BCUT2D eigenvalue weighted by Crippen LogP contribution is -2.08. The Kier molecular flexibility index (Phi) is 3.75. The molecule has 0 radical (unpaired) electrons. The molecule has 108 valence electrons. The average Bonchev–Trinajstić information content (AvgIpc) is 2.76. The fourth-order valence-electron chi connectivity index (χ4n) is 2.17. The monoisotopic (exact) mass is 413 g/mol. The summed E-state index contributed by atoms with van der Waals surface area (Å²) in [5.74, 6) is -0.694. The van der Waals surface area contributed by atoms with Gasteiger partial charge >= 0.3 is 5.76 Å². The van der Waals surface area contributed by atoms with E-state index in [-0.39, 0.29) is 10.6 Å². The molecule has 3 rings (SSSR count). The molecule has 0 aliphatic rings. The molecule has 0 bridgehead atoms. The highest BCUT2D eigenvalue weighted by molar-refractivity contribution is 9.10. The molecule has 0 spiro atoms. The van der Waals surface area contributed by atoms with Gasteiger partial charge in [-0.2, -0.15) is 0 Å². The summed E-state index contributed by atoms with van der Waals surface area (Å²) >= 11 is 6.77. The van der Waals surface area contributed by atoms with Crippen LogP contribution in [-0.4, -0.2) is 4.57 Å². The van der Waals surface area contributed by atoms with Gasteiger partial charge in [-0.25, -0.2) is 9.18 Å². The maximum absolute atomic E-state index is 13.3. The molecule has 1 unspecified atom stereocenters. The Morgan fingerprint density at radius 3 is 2.57 bits per heavy atom. The van der Waals surface area contributed by atoms with E-state index in [0.29, 0.717) is 10.1 Å². The van der Waals surface area contributed by atoms with E-state index in [9.17, 15) is 9.18 Å². The van der Waals surface area contributed by atoms with E-state index < -0.39 is 5.76 Å². The van der Waals surface area contributed by atoms with Crippen LogP contribution in [0.5, 0.6) is 0 Å². The van der Waals surface area contributed by atoms with Crippen LogP contribution < -0.4 is 5.76 Å². The molecule has 1 aromatic heterocycles. The van der Waals surface area contributed by atoms with Crippen molar-refractivity contribution in [2.45, 2.75) is 4.83 Å². The number of nitrogens with zero attached hydrogens (tertiary/aromatic N) is 1. The van der Waals surface area contributed by atoms with Gasteiger partial charge < -0.3 is 4.42 Å². The van der Waals surface area contributed by atoms with Gasteiger partial charge in [-0.15, -0.1) is 0 Å². The van der Waals surface area contributed by atoms with E-state index in [4.69, 9.17) is 4.42 Å². The second-order valence-electron chi connectivity index (χ2n) is 4.69. The highest BCUT2D eigenvalue weighted by Gasteiger charge is 2.14. The first kappa shape index (κ1) is 14.5. The fourth-order valence-corrected chi connectivity index (χ4v) is 3.14. The quantitative estimate of drug-likeness (QED) is 0.578. The molecule has 0 saturated heterocycles. The van der Waals surface area contributed by atoms with Crippen LogP contribution >= 0.6 is 31.9 Å². The number of halogens is 3. The molecular formula is C15H10Br2FNO2. The van der Waals surface area contributed by atoms with Crippen molar-refractivity contribution in [1.29, 1.82) is 0 Å². The summed E-state index contributed by atoms with van der Waals surface area (Å²) in [5, 5.41) is 0. The summed E-state index contributed by atoms with van der Waals surface area (Å²) in [6, 6.07) is 10.4. The molecule has 6 heteroatoms. The summed E-state index contributed by atoms with van der Waals surface area (Å²) in [6.07, 6.45) is 0. The SMILES string of the molecule is Cn1c(=O)oc2cc(C(Br)c3ccc(F)c(Br)c3)ccc21. The first-order valence-corrected chi connectivity index (χ1v) is 7.87. The Labute approximate surface area is 136 Å². The molecule has 0 saturated carbocycles. The topological polar surface area (TPSA) is 35.1 Å². The third-order valence-electron chi connectivity index (χ3n) is 3.35. The van der Waals surface area contributed by atoms with E-state index in [1.165, 1.54) is 10.6 Å². The number of aromatic nitrogens is 1. The Balaban J connectivity index is 2.06. The van der Waals surface area contributed by atoms with Gasteiger partial charge in [0.2, 0.25) is 0 Å². The van der Waals surface area contributed by atoms with Gasteiger partial charge in [0.05, 0.1) is 14.8 Å². The molecule has 0 N–H and O–H groups in total. The van der Waals surface area contributed by atoms with Crippen molar-refractivity contribution in [3.8, 4) is 0 Å². The predicted molar refractivity (Wildman–Crippen MR) is 86.3 cm³/mol. The molecule has 2 aromatic carbocycles. The van der Waals surface area contributed by atoms with E-state index >= 15 is 0 Å². The summed E-state index contributed by atoms with van der Waals surface area (Å²) < 4.78 is 20.4. The minimum Gasteiger partial charge on any atom is -0.408 e. The lowest BCUT2D eigenvalue weighted by molar-refractivity contribution is 0.528. The van der Waals surface area contributed by atoms with Gasteiger partial charge in [-0.05, 0) is 51.3 Å². The zero-order valence-electron chi connectivity index (χ0n) is 10.9. The van der Waals surface area contributed by atoms with Gasteiger partial charge in [-0.3, -0.25) is 4.57 Å². The van der Waals surface area contributed by atoms with Crippen LogP contribution in [0.4, 0.5) is 4.39 Å². The van der Waals surface area contributed by atoms with Gasteiger partial charge in [0.25, 0.3) is 0 Å². The van der Waals surface area contributed by atoms with Crippen molar-refractivity contribution in [2.24, 2.45) is 7.05 Å². The molecule has 0 amide bonds. The molecule has 0 aliphatic heterocycles. The van der Waals surface area contributed by atoms with E-state index in [0.717, 1.165) is 16.6 Å². The van der Waals surface area contributed by atoms with Crippen molar-refractivity contribution >= 4 is 43.0 Å². The minimum atomic E-state index is -0.391. The molecular weight excluding hydrogens is 405 g/mol. The second kappa shape index (κ2) is 5.42. The van der Waals surface area contributed by atoms with E-state index in [2.05, 4.69) is 31.9 Å². The molecule has 0 fully saturated rings. The third-order valence-corrected chi connectivity index (χ3v) is 5.01. The van der Waals surface area contributed by atoms with Gasteiger partial charge in [-0.1, -0.05) is 28.1 Å². The van der Waals surface area contributed by atoms with Crippen molar-refractivity contribution in [2.75, 3.05) is 0 Å². The third kappa shape index (κ3) is 2.58. The first-order chi connectivity index (χ1) is 9.97. The van der Waals surface area contributed by atoms with Crippen LogP contribution in [-0.2, 0) is 7.05 Å². The van der Waals surface area contributed by atoms with Gasteiger partial charge in [0.15, 0.2) is 5.58 Å². The molecule has 3 nitrogen and oxygen atoms in total. The fraction of sp³-hybridized carbons (Fsp3) is 0.133. The smallest absolute Gasteiger partial charge is 0.408 e. The molecule has 21 heavy (non-hydrogen) atoms. The molecule has 1 heterocycles. The maximum atomic E-state index is 13.3. The van der Waals surface area contributed by atoms with Gasteiger partial charge in [0, 0.05) is 7.05 Å². The number of rotatable bonds is 2. The summed E-state index contributed by atoms with van der Waals surface area (Å²) in [6.45, 7) is 0.